The van der Waals surface area contributed by atoms with E-state index in [1.807, 2.05) is 66.7 Å². The Morgan fingerprint density at radius 3 is 1.62 bits per heavy atom. The zero-order valence-corrected chi connectivity index (χ0v) is 18.9. The zero-order valence-electron chi connectivity index (χ0n) is 17.3. The van der Waals surface area contributed by atoms with Gasteiger partial charge in [-0.15, -0.1) is 0 Å². The largest absolute Gasteiger partial charge is 0.372 e. The van der Waals surface area contributed by atoms with Crippen LogP contribution in [0.1, 0.15) is 28.3 Å². The van der Waals surface area contributed by atoms with Gasteiger partial charge in [0.05, 0.1) is 6.04 Å². The van der Waals surface area contributed by atoms with E-state index >= 15 is 0 Å². The van der Waals surface area contributed by atoms with Gasteiger partial charge in [-0.1, -0.05) is 119 Å². The molecule has 4 nitrogen and oxygen atoms in total. The highest BCUT2D eigenvalue weighted by atomic mass is 79.9. The van der Waals surface area contributed by atoms with Crippen molar-refractivity contribution in [2.45, 2.75) is 11.6 Å². The summed E-state index contributed by atoms with van der Waals surface area (Å²) in [4.78, 5) is 13.5. The van der Waals surface area contributed by atoms with Gasteiger partial charge in [-0.05, 0) is 34.4 Å². The third-order valence-electron chi connectivity index (χ3n) is 5.38. The molecule has 0 bridgehead atoms. The van der Waals surface area contributed by atoms with Crippen molar-refractivity contribution < 1.29 is 9.90 Å². The maximum atomic E-state index is 13.5. The van der Waals surface area contributed by atoms with Crippen LogP contribution < -0.4 is 10.9 Å². The molecule has 0 aromatic heterocycles. The molecule has 0 spiro atoms. The van der Waals surface area contributed by atoms with Crippen molar-refractivity contribution in [3.05, 3.63) is 142 Å². The predicted octanol–water partition coefficient (Wildman–Crippen LogP) is 5.10. The number of halogens is 1. The van der Waals surface area contributed by atoms with E-state index in [9.17, 15) is 9.90 Å². The molecular formula is C27H23BrN2O2. The van der Waals surface area contributed by atoms with Crippen LogP contribution in [0.5, 0.6) is 0 Å². The van der Waals surface area contributed by atoms with E-state index in [-0.39, 0.29) is 6.04 Å². The van der Waals surface area contributed by atoms with Crippen LogP contribution >= 0.6 is 15.9 Å². The van der Waals surface area contributed by atoms with Crippen molar-refractivity contribution in [2.75, 3.05) is 0 Å². The second-order valence-electron chi connectivity index (χ2n) is 7.44. The summed E-state index contributed by atoms with van der Waals surface area (Å²) < 4.78 is 0.972. The number of hydrogen-bond donors (Lipinski definition) is 3. The summed E-state index contributed by atoms with van der Waals surface area (Å²) in [7, 11) is 0. The Bertz CT molecular complexity index is 1110. The van der Waals surface area contributed by atoms with Crippen LogP contribution in [0.4, 0.5) is 0 Å². The normalized spacial score (nSPS) is 12.2. The van der Waals surface area contributed by atoms with Crippen molar-refractivity contribution in [3.8, 4) is 0 Å². The molecule has 0 fully saturated rings. The van der Waals surface area contributed by atoms with Crippen molar-refractivity contribution in [3.63, 3.8) is 0 Å². The molecule has 32 heavy (non-hydrogen) atoms. The molecule has 160 valence electrons. The summed E-state index contributed by atoms with van der Waals surface area (Å²) >= 11 is 3.47. The first-order valence-corrected chi connectivity index (χ1v) is 11.1. The lowest BCUT2D eigenvalue weighted by Crippen LogP contribution is -2.51. The van der Waals surface area contributed by atoms with Crippen LogP contribution in [0, 0.1) is 0 Å². The molecule has 1 amide bonds. The van der Waals surface area contributed by atoms with E-state index in [0.29, 0.717) is 11.1 Å². The monoisotopic (exact) mass is 486 g/mol. The highest BCUT2D eigenvalue weighted by molar-refractivity contribution is 9.10. The number of nitrogens with one attached hydrogen (secondary N) is 2. The minimum Gasteiger partial charge on any atom is -0.372 e. The molecule has 1 atom stereocenters. The molecule has 0 heterocycles. The summed E-state index contributed by atoms with van der Waals surface area (Å²) in [5.74, 6) is -0.562. The SMILES string of the molecule is O=C(NN[C@H](c1ccccc1)c1ccc(Br)cc1)C(O)(c1ccccc1)c1ccccc1. The van der Waals surface area contributed by atoms with E-state index in [0.717, 1.165) is 15.6 Å². The average Bonchev–Trinajstić information content (AvgIpc) is 2.86. The molecule has 0 aliphatic heterocycles. The Kier molecular flexibility index (Phi) is 6.81. The summed E-state index contributed by atoms with van der Waals surface area (Å²) in [6.07, 6.45) is 0. The Morgan fingerprint density at radius 1 is 0.688 bits per heavy atom. The highest BCUT2D eigenvalue weighted by Crippen LogP contribution is 2.30. The number of carbonyl (C=O) groups excluding carboxylic acids is 1. The van der Waals surface area contributed by atoms with Crippen molar-refractivity contribution in [1.29, 1.82) is 0 Å². The summed E-state index contributed by atoms with van der Waals surface area (Å²) in [5.41, 5.74) is 7.01. The Balaban J connectivity index is 1.66. The quantitative estimate of drug-likeness (QED) is 0.318. The molecule has 0 aliphatic rings. The van der Waals surface area contributed by atoms with Gasteiger partial charge in [0.2, 0.25) is 0 Å². The molecule has 4 aromatic carbocycles. The Morgan fingerprint density at radius 2 is 1.12 bits per heavy atom. The van der Waals surface area contributed by atoms with E-state index in [2.05, 4.69) is 26.8 Å². The molecule has 5 heteroatoms. The standard InChI is InChI=1S/C27H23BrN2O2/c28-24-18-16-21(17-19-24)25(20-10-4-1-5-11-20)29-30-26(31)27(32,22-12-6-2-7-13-22)23-14-8-3-9-15-23/h1-19,25,29,32H,(H,30,31)/t25-/m1/s1. The molecule has 0 aliphatic carbocycles. The van der Waals surface area contributed by atoms with Crippen LogP contribution in [-0.2, 0) is 10.4 Å². The number of hydrazine groups is 1. The van der Waals surface area contributed by atoms with Gasteiger partial charge in [0.1, 0.15) is 0 Å². The minimum atomic E-state index is -1.85. The van der Waals surface area contributed by atoms with Crippen LogP contribution in [0.25, 0.3) is 0 Å². The number of aliphatic hydroxyl groups is 1. The molecule has 4 aromatic rings. The van der Waals surface area contributed by atoms with Crippen LogP contribution in [0.2, 0.25) is 0 Å². The first-order valence-electron chi connectivity index (χ1n) is 10.3. The number of benzene rings is 4. The lowest BCUT2D eigenvalue weighted by Gasteiger charge is -2.29. The van der Waals surface area contributed by atoms with Crippen molar-refractivity contribution in [2.24, 2.45) is 0 Å². The van der Waals surface area contributed by atoms with Crippen molar-refractivity contribution >= 4 is 21.8 Å². The van der Waals surface area contributed by atoms with Gasteiger partial charge in [0.15, 0.2) is 5.60 Å². The second-order valence-corrected chi connectivity index (χ2v) is 8.35. The fraction of sp³-hybridized carbons (Fsp3) is 0.0741. The predicted molar refractivity (Wildman–Crippen MR) is 130 cm³/mol. The molecular weight excluding hydrogens is 464 g/mol. The Hall–Kier alpha value is -3.25. The minimum absolute atomic E-state index is 0.302. The van der Waals surface area contributed by atoms with E-state index in [1.165, 1.54) is 0 Å². The van der Waals surface area contributed by atoms with Gasteiger partial charge in [-0.3, -0.25) is 10.2 Å². The molecule has 0 unspecified atom stereocenters. The average molecular weight is 487 g/mol. The lowest BCUT2D eigenvalue weighted by atomic mass is 9.85. The number of rotatable bonds is 7. The number of carbonyl (C=O) groups is 1. The van der Waals surface area contributed by atoms with E-state index in [4.69, 9.17) is 0 Å². The summed E-state index contributed by atoms with van der Waals surface area (Å²) in [6.45, 7) is 0. The van der Waals surface area contributed by atoms with Crippen LogP contribution in [-0.4, -0.2) is 11.0 Å². The maximum Gasteiger partial charge on any atom is 0.275 e. The van der Waals surface area contributed by atoms with Gasteiger partial charge in [-0.2, -0.15) is 0 Å². The zero-order chi connectivity index (χ0) is 22.4. The van der Waals surface area contributed by atoms with Gasteiger partial charge < -0.3 is 5.11 Å². The maximum absolute atomic E-state index is 13.5. The van der Waals surface area contributed by atoms with Crippen LogP contribution in [0.15, 0.2) is 120 Å². The highest BCUT2D eigenvalue weighted by Gasteiger charge is 2.40. The van der Waals surface area contributed by atoms with Gasteiger partial charge in [0, 0.05) is 4.47 Å². The fourth-order valence-electron chi connectivity index (χ4n) is 3.68. The van der Waals surface area contributed by atoms with Crippen molar-refractivity contribution in [1.82, 2.24) is 10.9 Å². The molecule has 3 N–H and O–H groups in total. The third kappa shape index (κ3) is 4.65. The van der Waals surface area contributed by atoms with Gasteiger partial charge in [0.25, 0.3) is 5.91 Å². The summed E-state index contributed by atoms with van der Waals surface area (Å²) in [6, 6.07) is 35.3. The van der Waals surface area contributed by atoms with Crippen LogP contribution in [0.3, 0.4) is 0 Å². The first kappa shape index (κ1) is 22.0. The van der Waals surface area contributed by atoms with E-state index < -0.39 is 11.5 Å². The molecule has 0 radical (unpaired) electrons. The smallest absolute Gasteiger partial charge is 0.275 e. The molecule has 4 rings (SSSR count). The lowest BCUT2D eigenvalue weighted by molar-refractivity contribution is -0.138. The van der Waals surface area contributed by atoms with E-state index in [1.54, 1.807) is 48.5 Å². The first-order chi connectivity index (χ1) is 15.6. The molecule has 0 saturated carbocycles. The fourth-order valence-corrected chi connectivity index (χ4v) is 3.94. The third-order valence-corrected chi connectivity index (χ3v) is 5.91. The Labute approximate surface area is 196 Å². The topological polar surface area (TPSA) is 61.4 Å². The summed E-state index contributed by atoms with van der Waals surface area (Å²) in [5, 5.41) is 11.7. The number of hydrogen-bond acceptors (Lipinski definition) is 3. The molecule has 0 saturated heterocycles. The van der Waals surface area contributed by atoms with Gasteiger partial charge in [-0.25, -0.2) is 5.43 Å². The second kappa shape index (κ2) is 9.92. The van der Waals surface area contributed by atoms with Gasteiger partial charge >= 0.3 is 0 Å². The number of amides is 1.